The molecule has 0 amide bonds. The Labute approximate surface area is 175 Å². The van der Waals surface area contributed by atoms with E-state index in [1.165, 1.54) is 30.0 Å². The minimum atomic E-state index is -2.55. The van der Waals surface area contributed by atoms with Gasteiger partial charge in [-0.25, -0.2) is 8.78 Å². The Morgan fingerprint density at radius 1 is 1.14 bits per heavy atom. The van der Waals surface area contributed by atoms with Gasteiger partial charge >= 0.3 is 8.25 Å². The first kappa shape index (κ1) is 23.8. The van der Waals surface area contributed by atoms with Crippen LogP contribution in [0.3, 0.4) is 0 Å². The van der Waals surface area contributed by atoms with Crippen LogP contribution in [0.15, 0.2) is 41.4 Å². The zero-order chi connectivity index (χ0) is 20.9. The fourth-order valence-corrected chi connectivity index (χ4v) is 3.84. The molecular weight excluding hydrogens is 417 g/mol. The second-order valence-electron chi connectivity index (χ2n) is 6.49. The number of pyridine rings is 1. The van der Waals surface area contributed by atoms with Crippen LogP contribution in [0.5, 0.6) is 0 Å². The number of nitrogens with one attached hydrogen (secondary N) is 1. The van der Waals surface area contributed by atoms with Crippen LogP contribution < -0.4 is 5.32 Å². The first-order valence-corrected chi connectivity index (χ1v) is 11.7. The van der Waals surface area contributed by atoms with Gasteiger partial charge in [-0.1, -0.05) is 18.6 Å². The van der Waals surface area contributed by atoms with Gasteiger partial charge < -0.3 is 5.32 Å². The highest BCUT2D eigenvalue weighted by Gasteiger charge is 2.10. The summed E-state index contributed by atoms with van der Waals surface area (Å²) in [5.74, 6) is 0.343. The Hall–Kier alpha value is -1.44. The predicted molar refractivity (Wildman–Crippen MR) is 111 cm³/mol. The second kappa shape index (κ2) is 13.7. The number of aryl methyl sites for hydroxylation is 1. The third-order valence-electron chi connectivity index (χ3n) is 4.16. The Morgan fingerprint density at radius 2 is 1.93 bits per heavy atom. The lowest BCUT2D eigenvalue weighted by Gasteiger charge is -2.07. The van der Waals surface area contributed by atoms with Crippen LogP contribution in [0.2, 0.25) is 0 Å². The Morgan fingerprint density at radius 3 is 2.66 bits per heavy atom. The van der Waals surface area contributed by atoms with Gasteiger partial charge in [0.2, 0.25) is 0 Å². The first-order valence-electron chi connectivity index (χ1n) is 9.56. The van der Waals surface area contributed by atoms with Crippen molar-refractivity contribution in [3.8, 4) is 0 Å². The van der Waals surface area contributed by atoms with Gasteiger partial charge in [-0.15, -0.1) is 21.2 Å². The zero-order valence-electron chi connectivity index (χ0n) is 16.2. The van der Waals surface area contributed by atoms with Crippen LogP contribution in [0.4, 0.5) is 8.78 Å². The van der Waals surface area contributed by atoms with Gasteiger partial charge in [-0.2, -0.15) is 0 Å². The number of hydrogen-bond donors (Lipinski definition) is 2. The van der Waals surface area contributed by atoms with Crippen LogP contribution in [-0.2, 0) is 22.1 Å². The van der Waals surface area contributed by atoms with E-state index in [9.17, 15) is 13.3 Å². The molecule has 0 bridgehead atoms. The molecule has 1 aromatic heterocycles. The summed E-state index contributed by atoms with van der Waals surface area (Å²) in [6.07, 6.45) is 6.12. The van der Waals surface area contributed by atoms with E-state index >= 15 is 0 Å². The van der Waals surface area contributed by atoms with Gasteiger partial charge in [-0.05, 0) is 61.7 Å². The van der Waals surface area contributed by atoms with Gasteiger partial charge in [0.05, 0.1) is 10.6 Å². The number of hydrogen-bond acceptors (Lipinski definition) is 5. The van der Waals surface area contributed by atoms with Crippen molar-refractivity contribution >= 4 is 20.0 Å². The summed E-state index contributed by atoms with van der Waals surface area (Å²) in [6.45, 7) is 1.21. The van der Waals surface area contributed by atoms with Crippen molar-refractivity contribution in [2.45, 2.75) is 43.5 Å². The highest BCUT2D eigenvalue weighted by molar-refractivity contribution is 7.99. The molecule has 1 atom stereocenters. The molecule has 0 aliphatic carbocycles. The summed E-state index contributed by atoms with van der Waals surface area (Å²) < 4.78 is 42.0. The SMILES string of the molecule is O=[P+](O)OCCCNCc1cc(F)c(SCCCCCc2ccc(F)cc2)cn1. The van der Waals surface area contributed by atoms with Crippen LogP contribution in [0, 0.1) is 11.6 Å². The molecule has 2 aromatic rings. The number of rotatable bonds is 14. The van der Waals surface area contributed by atoms with E-state index in [0.717, 1.165) is 37.0 Å². The monoisotopic (exact) mass is 443 g/mol. The topological polar surface area (TPSA) is 71.5 Å². The minimum absolute atomic E-state index is 0.194. The molecule has 1 aromatic carbocycles. The Bertz CT molecular complexity index is 766. The molecule has 1 unspecified atom stereocenters. The third kappa shape index (κ3) is 10.2. The zero-order valence-corrected chi connectivity index (χ0v) is 17.9. The minimum Gasteiger partial charge on any atom is -0.311 e. The van der Waals surface area contributed by atoms with Crippen molar-refractivity contribution in [3.63, 3.8) is 0 Å². The molecule has 158 valence electrons. The van der Waals surface area contributed by atoms with Crippen molar-refractivity contribution < 1.29 is 22.8 Å². The van der Waals surface area contributed by atoms with E-state index in [-0.39, 0.29) is 18.2 Å². The molecule has 0 aliphatic heterocycles. The maximum Gasteiger partial charge on any atom is 0.694 e. The molecule has 5 nitrogen and oxygen atoms in total. The molecule has 2 N–H and O–H groups in total. The number of halogens is 2. The summed E-state index contributed by atoms with van der Waals surface area (Å²) in [5, 5.41) is 3.09. The van der Waals surface area contributed by atoms with Crippen LogP contribution >= 0.6 is 20.0 Å². The normalized spacial score (nSPS) is 11.6. The predicted octanol–water partition coefficient (Wildman–Crippen LogP) is 5.01. The van der Waals surface area contributed by atoms with Crippen LogP contribution in [0.25, 0.3) is 0 Å². The maximum absolute atomic E-state index is 14.2. The highest BCUT2D eigenvalue weighted by Crippen LogP contribution is 2.23. The number of thioether (sulfide) groups is 1. The molecule has 9 heteroatoms. The van der Waals surface area contributed by atoms with Gasteiger partial charge in [0.25, 0.3) is 0 Å². The highest BCUT2D eigenvalue weighted by atomic mass is 32.2. The number of benzene rings is 1. The van der Waals surface area contributed by atoms with E-state index in [4.69, 9.17) is 4.89 Å². The smallest absolute Gasteiger partial charge is 0.311 e. The number of nitrogens with zero attached hydrogens (tertiary/aromatic N) is 1. The molecule has 0 spiro atoms. The standard InChI is InChI=1S/C20H25F2N2O3PS/c21-17-8-6-16(7-9-17)5-2-1-3-12-29-20-15-24-18(13-19(20)22)14-23-10-4-11-27-28(25)26/h6-9,13,15,23H,1-5,10-12,14H2/p+1. The van der Waals surface area contributed by atoms with E-state index in [2.05, 4.69) is 14.8 Å². The summed E-state index contributed by atoms with van der Waals surface area (Å²) in [4.78, 5) is 13.3. The van der Waals surface area contributed by atoms with Crippen molar-refractivity contribution in [3.05, 3.63) is 59.4 Å². The molecular formula is C20H26F2N2O3PS+. The molecule has 29 heavy (non-hydrogen) atoms. The van der Waals surface area contributed by atoms with Gasteiger partial charge in [-0.3, -0.25) is 4.98 Å². The Kier molecular flexibility index (Phi) is 11.3. The fraction of sp³-hybridized carbons (Fsp3) is 0.450. The van der Waals surface area contributed by atoms with Gasteiger partial charge in [0, 0.05) is 17.3 Å². The maximum atomic E-state index is 14.2. The summed E-state index contributed by atoms with van der Waals surface area (Å²) in [7, 11) is -2.55. The molecule has 0 aliphatic rings. The van der Waals surface area contributed by atoms with Crippen LogP contribution in [-0.4, -0.2) is 28.8 Å². The van der Waals surface area contributed by atoms with Gasteiger partial charge in [0.1, 0.15) is 18.2 Å². The molecule has 2 rings (SSSR count). The van der Waals surface area contributed by atoms with Crippen molar-refractivity contribution in [1.29, 1.82) is 0 Å². The fourth-order valence-electron chi connectivity index (χ4n) is 2.66. The van der Waals surface area contributed by atoms with Crippen molar-refractivity contribution in [1.82, 2.24) is 10.3 Å². The quantitative estimate of drug-likeness (QED) is 0.243. The lowest BCUT2D eigenvalue weighted by molar-refractivity contribution is 0.276. The largest absolute Gasteiger partial charge is 0.694 e. The molecule has 0 fully saturated rings. The van der Waals surface area contributed by atoms with E-state index in [0.29, 0.717) is 30.1 Å². The summed E-state index contributed by atoms with van der Waals surface area (Å²) >= 11 is 1.47. The van der Waals surface area contributed by atoms with Gasteiger partial charge in [0.15, 0.2) is 0 Å². The van der Waals surface area contributed by atoms with Crippen molar-refractivity contribution in [2.75, 3.05) is 18.9 Å². The van der Waals surface area contributed by atoms with E-state index < -0.39 is 8.25 Å². The third-order valence-corrected chi connectivity index (χ3v) is 5.67. The second-order valence-corrected chi connectivity index (χ2v) is 8.36. The van der Waals surface area contributed by atoms with E-state index in [1.807, 2.05) is 12.1 Å². The van der Waals surface area contributed by atoms with Crippen LogP contribution in [0.1, 0.15) is 36.9 Å². The Balaban J connectivity index is 1.58. The van der Waals surface area contributed by atoms with Crippen molar-refractivity contribution in [2.24, 2.45) is 0 Å². The molecule has 1 heterocycles. The lowest BCUT2D eigenvalue weighted by Crippen LogP contribution is -2.17. The summed E-state index contributed by atoms with van der Waals surface area (Å²) in [6, 6.07) is 8.02. The molecule has 0 saturated carbocycles. The van der Waals surface area contributed by atoms with E-state index in [1.54, 1.807) is 6.20 Å². The molecule has 0 saturated heterocycles. The summed E-state index contributed by atoms with van der Waals surface area (Å²) in [5.41, 5.74) is 1.75. The molecule has 0 radical (unpaired) electrons. The average molecular weight is 443 g/mol. The number of aromatic nitrogens is 1. The first-order chi connectivity index (χ1) is 14.0. The number of unbranched alkanes of at least 4 members (excludes halogenated alkanes) is 2. The average Bonchev–Trinajstić information content (AvgIpc) is 2.69. The lowest BCUT2D eigenvalue weighted by atomic mass is 10.1.